The SMILES string of the molecule is COC(=O)[C@@H]1[C@H]2CC3N(CC[C@@]34C(=O)N(c3ccc(C)cc3)c3ccccc34)C[C@]2(C)CC[C@@H]1O. The number of hydrogen-bond acceptors (Lipinski definition) is 5. The lowest BCUT2D eigenvalue weighted by Gasteiger charge is -2.55. The van der Waals surface area contributed by atoms with Crippen LogP contribution in [-0.4, -0.2) is 54.2 Å². The van der Waals surface area contributed by atoms with Crippen LogP contribution < -0.4 is 4.90 Å². The van der Waals surface area contributed by atoms with Crippen molar-refractivity contribution in [2.75, 3.05) is 25.1 Å². The highest BCUT2D eigenvalue weighted by Crippen LogP contribution is 2.60. The predicted octanol–water partition coefficient (Wildman–Crippen LogP) is 3.96. The smallest absolute Gasteiger partial charge is 0.311 e. The molecule has 6 nitrogen and oxygen atoms in total. The van der Waals surface area contributed by atoms with Crippen LogP contribution in [0.15, 0.2) is 48.5 Å². The number of benzene rings is 2. The van der Waals surface area contributed by atoms with Gasteiger partial charge in [-0.3, -0.25) is 19.4 Å². The number of esters is 1. The zero-order valence-electron chi connectivity index (χ0n) is 20.7. The first-order valence-electron chi connectivity index (χ1n) is 12.8. The van der Waals surface area contributed by atoms with Crippen LogP contribution in [-0.2, 0) is 19.7 Å². The molecule has 6 heteroatoms. The van der Waals surface area contributed by atoms with Gasteiger partial charge in [0, 0.05) is 18.3 Å². The first-order chi connectivity index (χ1) is 16.8. The molecule has 1 unspecified atom stereocenters. The summed E-state index contributed by atoms with van der Waals surface area (Å²) in [7, 11) is 1.41. The van der Waals surface area contributed by atoms with Crippen LogP contribution in [0.5, 0.6) is 0 Å². The third-order valence-electron chi connectivity index (χ3n) is 9.57. The van der Waals surface area contributed by atoms with Crippen LogP contribution in [0, 0.1) is 24.2 Å². The number of anilines is 2. The maximum atomic E-state index is 14.5. The number of hydrogen-bond donors (Lipinski definition) is 1. The fourth-order valence-corrected chi connectivity index (χ4v) is 7.81. The molecule has 0 radical (unpaired) electrons. The summed E-state index contributed by atoms with van der Waals surface area (Å²) in [5.74, 6) is -0.764. The molecule has 35 heavy (non-hydrogen) atoms. The van der Waals surface area contributed by atoms with E-state index in [0.717, 1.165) is 48.4 Å². The van der Waals surface area contributed by atoms with Gasteiger partial charge in [-0.15, -0.1) is 0 Å². The Labute approximate surface area is 206 Å². The van der Waals surface area contributed by atoms with E-state index in [1.54, 1.807) is 0 Å². The average molecular weight is 475 g/mol. The van der Waals surface area contributed by atoms with Crippen LogP contribution in [0.3, 0.4) is 0 Å². The summed E-state index contributed by atoms with van der Waals surface area (Å²) in [6.07, 6.45) is 2.27. The molecule has 3 fully saturated rings. The van der Waals surface area contributed by atoms with Crippen molar-refractivity contribution in [1.82, 2.24) is 4.90 Å². The van der Waals surface area contributed by atoms with Crippen LogP contribution in [0.25, 0.3) is 0 Å². The second-order valence-corrected chi connectivity index (χ2v) is 11.4. The average Bonchev–Trinajstić information content (AvgIpc) is 3.34. The molecule has 2 aromatic carbocycles. The number of amides is 1. The molecule has 6 atom stereocenters. The van der Waals surface area contributed by atoms with Gasteiger partial charge >= 0.3 is 5.97 Å². The topological polar surface area (TPSA) is 70.1 Å². The van der Waals surface area contributed by atoms with Crippen LogP contribution in [0.1, 0.15) is 43.7 Å². The lowest BCUT2D eigenvalue weighted by molar-refractivity contribution is -0.167. The number of piperidine rings is 1. The minimum Gasteiger partial charge on any atom is -0.469 e. The lowest BCUT2D eigenvalue weighted by Crippen LogP contribution is -2.61. The van der Waals surface area contributed by atoms with E-state index in [9.17, 15) is 14.7 Å². The Kier molecular flexibility index (Phi) is 5.14. The van der Waals surface area contributed by atoms with Gasteiger partial charge < -0.3 is 9.84 Å². The van der Waals surface area contributed by atoms with Gasteiger partial charge in [-0.2, -0.15) is 0 Å². The molecule has 1 N–H and O–H groups in total. The number of aryl methyl sites for hydroxylation is 1. The number of nitrogens with zero attached hydrogens (tertiary/aromatic N) is 2. The van der Waals surface area contributed by atoms with Crippen molar-refractivity contribution in [3.8, 4) is 0 Å². The Bertz CT molecular complexity index is 1180. The molecule has 2 aromatic rings. The van der Waals surface area contributed by atoms with Crippen molar-refractivity contribution in [2.24, 2.45) is 17.3 Å². The van der Waals surface area contributed by atoms with Gasteiger partial charge in [-0.1, -0.05) is 42.8 Å². The minimum absolute atomic E-state index is 0.0119. The number of ether oxygens (including phenoxy) is 1. The van der Waals surface area contributed by atoms with Gasteiger partial charge in [-0.25, -0.2) is 0 Å². The molecule has 1 spiro atoms. The zero-order chi connectivity index (χ0) is 24.5. The molecule has 1 aliphatic carbocycles. The summed E-state index contributed by atoms with van der Waals surface area (Å²) in [6.45, 7) is 6.00. The highest BCUT2D eigenvalue weighted by atomic mass is 16.5. The number of methoxy groups -OCH3 is 1. The van der Waals surface area contributed by atoms with Crippen molar-refractivity contribution >= 4 is 23.3 Å². The fourth-order valence-electron chi connectivity index (χ4n) is 7.81. The molecule has 3 aliphatic heterocycles. The first-order valence-corrected chi connectivity index (χ1v) is 12.8. The molecule has 0 aromatic heterocycles. The Morgan fingerprint density at radius 3 is 2.60 bits per heavy atom. The second-order valence-electron chi connectivity index (χ2n) is 11.4. The number of aliphatic hydroxyl groups excluding tert-OH is 1. The molecular formula is C29H34N2O4. The number of carbonyl (C=O) groups excluding carboxylic acids is 2. The molecule has 6 rings (SSSR count). The van der Waals surface area contributed by atoms with Crippen LogP contribution >= 0.6 is 0 Å². The zero-order valence-corrected chi connectivity index (χ0v) is 20.7. The van der Waals surface area contributed by atoms with E-state index in [1.807, 2.05) is 41.3 Å². The number of para-hydroxylation sites is 1. The molecule has 2 saturated heterocycles. The maximum absolute atomic E-state index is 14.5. The van der Waals surface area contributed by atoms with Gasteiger partial charge in [0.05, 0.1) is 30.2 Å². The third kappa shape index (κ3) is 3.09. The largest absolute Gasteiger partial charge is 0.469 e. The van der Waals surface area contributed by atoms with Crippen molar-refractivity contribution in [3.63, 3.8) is 0 Å². The highest BCUT2D eigenvalue weighted by molar-refractivity contribution is 6.13. The quantitative estimate of drug-likeness (QED) is 0.668. The standard InChI is InChI=1S/C29H34N2O4/c1-18-8-10-19(11-9-18)31-22-7-5-4-6-20(22)29(27(31)34)14-15-30-17-28(2)13-12-23(32)25(26(33)35-3)21(28)16-24(29)30/h4-11,21,23-25,32H,12-17H2,1-3H3/t21-,23+,24?,25-,28+,29+/m1/s1. The van der Waals surface area contributed by atoms with E-state index in [0.29, 0.717) is 12.8 Å². The third-order valence-corrected chi connectivity index (χ3v) is 9.57. The number of carbonyl (C=O) groups is 2. The van der Waals surface area contributed by atoms with Gasteiger partial charge in [0.2, 0.25) is 5.91 Å². The molecule has 184 valence electrons. The summed E-state index contributed by atoms with van der Waals surface area (Å²) >= 11 is 0. The van der Waals surface area contributed by atoms with Gasteiger partial charge in [0.1, 0.15) is 0 Å². The fraction of sp³-hybridized carbons (Fsp3) is 0.517. The normalized spacial score (nSPS) is 36.1. The van der Waals surface area contributed by atoms with Crippen molar-refractivity contribution < 1.29 is 19.4 Å². The number of rotatable bonds is 2. The Morgan fingerprint density at radius 2 is 1.86 bits per heavy atom. The molecule has 0 bridgehead atoms. The lowest BCUT2D eigenvalue weighted by atomic mass is 9.55. The molecule has 1 saturated carbocycles. The van der Waals surface area contributed by atoms with E-state index in [1.165, 1.54) is 7.11 Å². The Hall–Kier alpha value is -2.70. The van der Waals surface area contributed by atoms with E-state index < -0.39 is 17.4 Å². The monoisotopic (exact) mass is 474 g/mol. The predicted molar refractivity (Wildman–Crippen MR) is 133 cm³/mol. The molecule has 4 aliphatic rings. The Morgan fingerprint density at radius 1 is 1.11 bits per heavy atom. The second kappa shape index (κ2) is 7.90. The van der Waals surface area contributed by atoms with E-state index in [-0.39, 0.29) is 29.3 Å². The number of fused-ring (bicyclic) bond motifs is 5. The summed E-state index contributed by atoms with van der Waals surface area (Å²) < 4.78 is 5.16. The summed E-state index contributed by atoms with van der Waals surface area (Å²) in [6, 6.07) is 16.3. The summed E-state index contributed by atoms with van der Waals surface area (Å²) in [5.41, 5.74) is 3.37. The summed E-state index contributed by atoms with van der Waals surface area (Å²) in [5, 5.41) is 10.9. The molecular weight excluding hydrogens is 440 g/mol. The van der Waals surface area contributed by atoms with Gasteiger partial charge in [0.15, 0.2) is 0 Å². The minimum atomic E-state index is -0.694. The van der Waals surface area contributed by atoms with Gasteiger partial charge in [0.25, 0.3) is 0 Å². The van der Waals surface area contributed by atoms with Crippen LogP contribution in [0.2, 0.25) is 0 Å². The van der Waals surface area contributed by atoms with Crippen molar-refractivity contribution in [3.05, 3.63) is 59.7 Å². The van der Waals surface area contributed by atoms with Crippen molar-refractivity contribution in [1.29, 1.82) is 0 Å². The van der Waals surface area contributed by atoms with Crippen molar-refractivity contribution in [2.45, 2.75) is 57.1 Å². The molecule has 1 amide bonds. The van der Waals surface area contributed by atoms with E-state index in [2.05, 4.69) is 30.9 Å². The van der Waals surface area contributed by atoms with E-state index in [4.69, 9.17) is 4.74 Å². The van der Waals surface area contributed by atoms with E-state index >= 15 is 0 Å². The Balaban J connectivity index is 1.44. The van der Waals surface area contributed by atoms with Crippen LogP contribution in [0.4, 0.5) is 11.4 Å². The highest BCUT2D eigenvalue weighted by Gasteiger charge is 2.65. The first kappa shape index (κ1) is 22.7. The van der Waals surface area contributed by atoms with Gasteiger partial charge in [-0.05, 0) is 74.2 Å². The summed E-state index contributed by atoms with van der Waals surface area (Å²) in [4.78, 5) is 31.7. The number of aliphatic hydroxyl groups is 1. The molecule has 3 heterocycles. The maximum Gasteiger partial charge on any atom is 0.311 e.